The van der Waals surface area contributed by atoms with Gasteiger partial charge in [0.1, 0.15) is 5.75 Å². The van der Waals surface area contributed by atoms with Gasteiger partial charge < -0.3 is 15.2 Å². The molecule has 0 radical (unpaired) electrons. The summed E-state index contributed by atoms with van der Waals surface area (Å²) in [6.07, 6.45) is 1.43. The molecule has 0 bridgehead atoms. The molecule has 1 aliphatic rings. The number of nitrogens with two attached hydrogens (primary N) is 1. The van der Waals surface area contributed by atoms with Crippen LogP contribution in [0.25, 0.3) is 0 Å². The Balaban J connectivity index is 2.29. The predicted molar refractivity (Wildman–Crippen MR) is 85.6 cm³/mol. The highest BCUT2D eigenvalue weighted by atomic mass is 16.5. The van der Waals surface area contributed by atoms with Crippen LogP contribution >= 0.6 is 0 Å². The maximum absolute atomic E-state index is 6.44. The van der Waals surface area contributed by atoms with Crippen LogP contribution in [-0.4, -0.2) is 43.3 Å². The largest absolute Gasteiger partial charge is 0.497 e. The minimum atomic E-state index is 0.106. The van der Waals surface area contributed by atoms with E-state index in [1.54, 1.807) is 7.11 Å². The second kappa shape index (κ2) is 7.25. The summed E-state index contributed by atoms with van der Waals surface area (Å²) in [5.74, 6) is 0.884. The van der Waals surface area contributed by atoms with E-state index < -0.39 is 0 Å². The van der Waals surface area contributed by atoms with E-state index in [2.05, 4.69) is 37.8 Å². The van der Waals surface area contributed by atoms with Crippen LogP contribution < -0.4 is 10.5 Å². The lowest BCUT2D eigenvalue weighted by Crippen LogP contribution is -2.51. The Morgan fingerprint density at radius 2 is 2.00 bits per heavy atom. The highest BCUT2D eigenvalue weighted by Crippen LogP contribution is 2.30. The molecule has 4 nitrogen and oxygen atoms in total. The van der Waals surface area contributed by atoms with E-state index in [1.165, 1.54) is 5.56 Å². The third-order valence-corrected chi connectivity index (χ3v) is 4.15. The average molecular weight is 292 g/mol. The van der Waals surface area contributed by atoms with Crippen LogP contribution in [0.2, 0.25) is 0 Å². The fraction of sp³-hybridized carbons (Fsp3) is 0.647. The van der Waals surface area contributed by atoms with Crippen LogP contribution in [0.1, 0.15) is 38.8 Å². The SMILES string of the molecule is CCC(N)C(c1cccc(OC)c1)N1CC(C)OC(C)C1. The average Bonchev–Trinajstić information content (AvgIpc) is 2.46. The number of ether oxygens (including phenoxy) is 2. The lowest BCUT2D eigenvalue weighted by Gasteiger charge is -2.42. The van der Waals surface area contributed by atoms with Crippen molar-refractivity contribution in [1.82, 2.24) is 4.90 Å². The molecule has 0 aliphatic carbocycles. The van der Waals surface area contributed by atoms with Gasteiger partial charge in [-0.1, -0.05) is 19.1 Å². The van der Waals surface area contributed by atoms with Crippen LogP contribution in [0.4, 0.5) is 0 Å². The van der Waals surface area contributed by atoms with Gasteiger partial charge in [0.2, 0.25) is 0 Å². The van der Waals surface area contributed by atoms with Crippen molar-refractivity contribution < 1.29 is 9.47 Å². The molecule has 1 saturated heterocycles. The van der Waals surface area contributed by atoms with Gasteiger partial charge in [0.25, 0.3) is 0 Å². The minimum Gasteiger partial charge on any atom is -0.497 e. The van der Waals surface area contributed by atoms with Crippen LogP contribution in [0.5, 0.6) is 5.75 Å². The zero-order chi connectivity index (χ0) is 15.4. The smallest absolute Gasteiger partial charge is 0.119 e. The molecule has 2 rings (SSSR count). The molecule has 0 amide bonds. The molecule has 0 spiro atoms. The molecule has 1 aliphatic heterocycles. The van der Waals surface area contributed by atoms with Crippen molar-refractivity contribution in [3.05, 3.63) is 29.8 Å². The van der Waals surface area contributed by atoms with Crippen molar-refractivity contribution in [2.75, 3.05) is 20.2 Å². The molecule has 118 valence electrons. The molecule has 0 saturated carbocycles. The summed E-state index contributed by atoms with van der Waals surface area (Å²) in [5, 5.41) is 0. The first kappa shape index (κ1) is 16.3. The van der Waals surface area contributed by atoms with E-state index in [4.69, 9.17) is 15.2 Å². The summed E-state index contributed by atoms with van der Waals surface area (Å²) in [6, 6.07) is 8.58. The Morgan fingerprint density at radius 1 is 1.33 bits per heavy atom. The summed E-state index contributed by atoms with van der Waals surface area (Å²) < 4.78 is 11.2. The van der Waals surface area contributed by atoms with Gasteiger partial charge >= 0.3 is 0 Å². The first-order valence-corrected chi connectivity index (χ1v) is 7.84. The standard InChI is InChI=1S/C17H28N2O2/c1-5-16(18)17(14-7-6-8-15(9-14)20-4)19-10-12(2)21-13(3)11-19/h6-9,12-13,16-17H,5,10-11,18H2,1-4H3. The van der Waals surface area contributed by atoms with Crippen molar-refractivity contribution in [3.8, 4) is 5.75 Å². The normalized spacial score (nSPS) is 26.3. The van der Waals surface area contributed by atoms with E-state index in [9.17, 15) is 0 Å². The number of hydrogen-bond acceptors (Lipinski definition) is 4. The second-order valence-electron chi connectivity index (χ2n) is 6.00. The number of morpholine rings is 1. The lowest BCUT2D eigenvalue weighted by atomic mass is 9.95. The first-order chi connectivity index (χ1) is 10.0. The van der Waals surface area contributed by atoms with Gasteiger partial charge in [0.05, 0.1) is 25.4 Å². The highest BCUT2D eigenvalue weighted by Gasteiger charge is 2.32. The Morgan fingerprint density at radius 3 is 2.57 bits per heavy atom. The van der Waals surface area contributed by atoms with Gasteiger partial charge in [0.15, 0.2) is 0 Å². The molecule has 21 heavy (non-hydrogen) atoms. The number of nitrogens with zero attached hydrogens (tertiary/aromatic N) is 1. The maximum atomic E-state index is 6.44. The Labute approximate surface area is 128 Å². The first-order valence-electron chi connectivity index (χ1n) is 7.84. The van der Waals surface area contributed by atoms with Crippen LogP contribution in [0, 0.1) is 0 Å². The molecule has 4 heteroatoms. The fourth-order valence-electron chi connectivity index (χ4n) is 3.22. The van der Waals surface area contributed by atoms with Gasteiger partial charge in [-0.25, -0.2) is 0 Å². The molecule has 1 heterocycles. The zero-order valence-corrected chi connectivity index (χ0v) is 13.6. The van der Waals surface area contributed by atoms with E-state index in [0.717, 1.165) is 25.3 Å². The van der Waals surface area contributed by atoms with Gasteiger partial charge in [-0.05, 0) is 38.0 Å². The van der Waals surface area contributed by atoms with Crippen LogP contribution in [0.3, 0.4) is 0 Å². The summed E-state index contributed by atoms with van der Waals surface area (Å²) in [5.41, 5.74) is 7.67. The van der Waals surface area contributed by atoms with Crippen LogP contribution in [-0.2, 0) is 4.74 Å². The van der Waals surface area contributed by atoms with Crippen molar-refractivity contribution >= 4 is 0 Å². The van der Waals surface area contributed by atoms with Crippen molar-refractivity contribution in [2.45, 2.75) is 51.5 Å². The Kier molecular flexibility index (Phi) is 5.62. The number of methoxy groups -OCH3 is 1. The number of hydrogen-bond donors (Lipinski definition) is 1. The summed E-state index contributed by atoms with van der Waals surface area (Å²) in [4.78, 5) is 2.46. The summed E-state index contributed by atoms with van der Waals surface area (Å²) in [6.45, 7) is 8.23. The van der Waals surface area contributed by atoms with Gasteiger partial charge in [0, 0.05) is 19.1 Å². The molecular formula is C17H28N2O2. The molecule has 1 aromatic rings. The summed E-state index contributed by atoms with van der Waals surface area (Å²) >= 11 is 0. The predicted octanol–water partition coefficient (Wildman–Crippen LogP) is 2.58. The monoisotopic (exact) mass is 292 g/mol. The topological polar surface area (TPSA) is 47.7 Å². The summed E-state index contributed by atoms with van der Waals surface area (Å²) in [7, 11) is 1.70. The van der Waals surface area contributed by atoms with E-state index in [1.807, 2.05) is 12.1 Å². The quantitative estimate of drug-likeness (QED) is 0.906. The maximum Gasteiger partial charge on any atom is 0.119 e. The Hall–Kier alpha value is -1.10. The van der Waals surface area contributed by atoms with E-state index >= 15 is 0 Å². The van der Waals surface area contributed by atoms with Gasteiger partial charge in [-0.2, -0.15) is 0 Å². The molecule has 4 unspecified atom stereocenters. The number of rotatable bonds is 5. The molecular weight excluding hydrogens is 264 g/mol. The minimum absolute atomic E-state index is 0.106. The van der Waals surface area contributed by atoms with E-state index in [-0.39, 0.29) is 24.3 Å². The lowest BCUT2D eigenvalue weighted by molar-refractivity contribution is -0.0838. The second-order valence-corrected chi connectivity index (χ2v) is 6.00. The molecule has 4 atom stereocenters. The van der Waals surface area contributed by atoms with Gasteiger partial charge in [-0.15, -0.1) is 0 Å². The van der Waals surface area contributed by atoms with Crippen LogP contribution in [0.15, 0.2) is 24.3 Å². The van der Waals surface area contributed by atoms with Crippen molar-refractivity contribution in [3.63, 3.8) is 0 Å². The fourth-order valence-corrected chi connectivity index (χ4v) is 3.22. The van der Waals surface area contributed by atoms with Crippen molar-refractivity contribution in [2.24, 2.45) is 5.73 Å². The third kappa shape index (κ3) is 3.96. The van der Waals surface area contributed by atoms with Crippen molar-refractivity contribution in [1.29, 1.82) is 0 Å². The van der Waals surface area contributed by atoms with Gasteiger partial charge in [-0.3, -0.25) is 4.90 Å². The Bertz CT molecular complexity index is 442. The number of benzene rings is 1. The molecule has 1 aromatic carbocycles. The zero-order valence-electron chi connectivity index (χ0n) is 13.6. The molecule has 2 N–H and O–H groups in total. The van der Waals surface area contributed by atoms with E-state index in [0.29, 0.717) is 0 Å². The molecule has 0 aromatic heterocycles. The molecule has 1 fully saturated rings. The third-order valence-electron chi connectivity index (χ3n) is 4.15. The highest BCUT2D eigenvalue weighted by molar-refractivity contribution is 5.31.